The summed E-state index contributed by atoms with van der Waals surface area (Å²) in [6, 6.07) is -0.217. The van der Waals surface area contributed by atoms with Crippen LogP contribution >= 0.6 is 12.4 Å². The number of hydrogen-bond donors (Lipinski definition) is 2. The van der Waals surface area contributed by atoms with Gasteiger partial charge in [0.25, 0.3) is 0 Å². The van der Waals surface area contributed by atoms with E-state index in [4.69, 9.17) is 15.6 Å². The van der Waals surface area contributed by atoms with Crippen LogP contribution in [0.5, 0.6) is 0 Å². The van der Waals surface area contributed by atoms with Crippen molar-refractivity contribution in [2.75, 3.05) is 19.8 Å². The SMILES string of the molecule is CCCCCCCCCCCCCCCCCCOC[C@@H](N)CO.Cl. The van der Waals surface area contributed by atoms with Crippen LogP contribution in [0.15, 0.2) is 0 Å². The van der Waals surface area contributed by atoms with Crippen molar-refractivity contribution in [2.24, 2.45) is 5.73 Å². The molecule has 3 N–H and O–H groups in total. The summed E-state index contributed by atoms with van der Waals surface area (Å²) >= 11 is 0. The maximum Gasteiger partial charge on any atom is 0.0639 e. The van der Waals surface area contributed by atoms with Crippen LogP contribution in [0.4, 0.5) is 0 Å². The first-order chi connectivity index (χ1) is 11.8. The zero-order valence-electron chi connectivity index (χ0n) is 16.9. The third kappa shape index (κ3) is 24.2. The predicted molar refractivity (Wildman–Crippen MR) is 113 cm³/mol. The minimum absolute atomic E-state index is 0. The molecule has 0 rings (SSSR count). The lowest BCUT2D eigenvalue weighted by Crippen LogP contribution is -2.30. The van der Waals surface area contributed by atoms with E-state index in [9.17, 15) is 0 Å². The van der Waals surface area contributed by atoms with Gasteiger partial charge < -0.3 is 15.6 Å². The third-order valence-electron chi connectivity index (χ3n) is 4.71. The Labute approximate surface area is 163 Å². The first kappa shape index (κ1) is 27.4. The number of aliphatic hydroxyl groups excluding tert-OH is 1. The normalized spacial score (nSPS) is 12.1. The van der Waals surface area contributed by atoms with Crippen molar-refractivity contribution in [2.45, 2.75) is 116 Å². The molecule has 0 aliphatic rings. The molecule has 0 unspecified atom stereocenters. The smallest absolute Gasteiger partial charge is 0.0639 e. The van der Waals surface area contributed by atoms with E-state index in [1.165, 1.54) is 96.3 Å². The number of hydrogen-bond acceptors (Lipinski definition) is 3. The molecule has 0 radical (unpaired) electrons. The Kier molecular flexibility index (Phi) is 26.5. The van der Waals surface area contributed by atoms with Crippen LogP contribution in [0.1, 0.15) is 110 Å². The van der Waals surface area contributed by atoms with Gasteiger partial charge in [-0.25, -0.2) is 0 Å². The number of ether oxygens (including phenoxy) is 1. The Hall–Kier alpha value is 0.170. The van der Waals surface area contributed by atoms with E-state index in [0.29, 0.717) is 6.61 Å². The molecule has 0 amide bonds. The second-order valence-corrected chi connectivity index (χ2v) is 7.32. The lowest BCUT2D eigenvalue weighted by molar-refractivity contribution is 0.0980. The van der Waals surface area contributed by atoms with Crippen molar-refractivity contribution in [3.05, 3.63) is 0 Å². The zero-order valence-corrected chi connectivity index (χ0v) is 17.7. The molecule has 0 aliphatic carbocycles. The van der Waals surface area contributed by atoms with E-state index >= 15 is 0 Å². The maximum absolute atomic E-state index is 8.77. The van der Waals surface area contributed by atoms with Gasteiger partial charge >= 0.3 is 0 Å². The highest BCUT2D eigenvalue weighted by atomic mass is 35.5. The van der Waals surface area contributed by atoms with E-state index in [1.807, 2.05) is 0 Å². The van der Waals surface area contributed by atoms with Gasteiger partial charge in [0.05, 0.1) is 19.3 Å². The highest BCUT2D eigenvalue weighted by molar-refractivity contribution is 5.85. The molecular weight excluding hydrogens is 334 g/mol. The molecule has 3 nitrogen and oxygen atoms in total. The summed E-state index contributed by atoms with van der Waals surface area (Å²) < 4.78 is 5.42. The second kappa shape index (κ2) is 24.2. The summed E-state index contributed by atoms with van der Waals surface area (Å²) in [5.74, 6) is 0. The fourth-order valence-corrected chi connectivity index (χ4v) is 3.04. The quantitative estimate of drug-likeness (QED) is 0.255. The van der Waals surface area contributed by atoms with Crippen LogP contribution in [0, 0.1) is 0 Å². The molecule has 0 spiro atoms. The number of rotatable bonds is 20. The average Bonchev–Trinajstić information content (AvgIpc) is 2.60. The Morgan fingerprint density at radius 3 is 1.40 bits per heavy atom. The molecule has 0 aromatic carbocycles. The van der Waals surface area contributed by atoms with Crippen molar-refractivity contribution in [1.82, 2.24) is 0 Å². The monoisotopic (exact) mass is 379 g/mol. The number of halogens is 1. The lowest BCUT2D eigenvalue weighted by Gasteiger charge is -2.08. The fourth-order valence-electron chi connectivity index (χ4n) is 3.04. The van der Waals surface area contributed by atoms with Crippen LogP contribution in [0.25, 0.3) is 0 Å². The Bertz CT molecular complexity index is 230. The van der Waals surface area contributed by atoms with Crippen molar-refractivity contribution in [1.29, 1.82) is 0 Å². The minimum Gasteiger partial charge on any atom is -0.395 e. The van der Waals surface area contributed by atoms with Crippen molar-refractivity contribution in [3.8, 4) is 0 Å². The maximum atomic E-state index is 8.77. The number of unbranched alkanes of at least 4 members (excludes halogenated alkanes) is 15. The van der Waals surface area contributed by atoms with Gasteiger partial charge in [-0.3, -0.25) is 0 Å². The zero-order chi connectivity index (χ0) is 17.7. The highest BCUT2D eigenvalue weighted by Crippen LogP contribution is 2.13. The van der Waals surface area contributed by atoms with Gasteiger partial charge in [0.2, 0.25) is 0 Å². The molecule has 0 aromatic heterocycles. The van der Waals surface area contributed by atoms with Gasteiger partial charge in [0.15, 0.2) is 0 Å². The molecular formula is C21H46ClNO2. The van der Waals surface area contributed by atoms with Crippen LogP contribution in [-0.2, 0) is 4.74 Å². The van der Waals surface area contributed by atoms with Crippen LogP contribution in [0.3, 0.4) is 0 Å². The van der Waals surface area contributed by atoms with Gasteiger partial charge in [0, 0.05) is 6.61 Å². The van der Waals surface area contributed by atoms with Crippen molar-refractivity contribution >= 4 is 12.4 Å². The van der Waals surface area contributed by atoms with Gasteiger partial charge in [-0.05, 0) is 6.42 Å². The van der Waals surface area contributed by atoms with E-state index < -0.39 is 0 Å². The second-order valence-electron chi connectivity index (χ2n) is 7.32. The van der Waals surface area contributed by atoms with Gasteiger partial charge in [-0.15, -0.1) is 12.4 Å². The summed E-state index contributed by atoms with van der Waals surface area (Å²) in [5, 5.41) is 8.77. The molecule has 0 aliphatic heterocycles. The Balaban J connectivity index is 0. The van der Waals surface area contributed by atoms with Gasteiger partial charge in [-0.1, -0.05) is 103 Å². The molecule has 25 heavy (non-hydrogen) atoms. The third-order valence-corrected chi connectivity index (χ3v) is 4.71. The summed E-state index contributed by atoms with van der Waals surface area (Å²) in [6.45, 7) is 3.56. The molecule has 4 heteroatoms. The van der Waals surface area contributed by atoms with Crippen molar-refractivity contribution in [3.63, 3.8) is 0 Å². The highest BCUT2D eigenvalue weighted by Gasteiger charge is 1.99. The van der Waals surface area contributed by atoms with Crippen LogP contribution in [0.2, 0.25) is 0 Å². The van der Waals surface area contributed by atoms with E-state index in [0.717, 1.165) is 13.0 Å². The van der Waals surface area contributed by atoms with Crippen molar-refractivity contribution < 1.29 is 9.84 Å². The topological polar surface area (TPSA) is 55.5 Å². The molecule has 154 valence electrons. The first-order valence-corrected chi connectivity index (χ1v) is 10.8. The van der Waals surface area contributed by atoms with Crippen LogP contribution in [-0.4, -0.2) is 31.0 Å². The number of aliphatic hydroxyl groups is 1. The fraction of sp³-hybridized carbons (Fsp3) is 1.00. The van der Waals surface area contributed by atoms with Gasteiger partial charge in [0.1, 0.15) is 0 Å². The van der Waals surface area contributed by atoms with E-state index in [1.54, 1.807) is 0 Å². The predicted octanol–water partition coefficient (Wildman–Crippen LogP) is 6.01. The Morgan fingerprint density at radius 1 is 0.680 bits per heavy atom. The molecule has 0 saturated heterocycles. The van der Waals surface area contributed by atoms with E-state index in [2.05, 4.69) is 6.92 Å². The number of nitrogens with two attached hydrogens (primary N) is 1. The summed E-state index contributed by atoms with van der Waals surface area (Å²) in [7, 11) is 0. The first-order valence-electron chi connectivity index (χ1n) is 10.8. The molecule has 0 saturated carbocycles. The van der Waals surface area contributed by atoms with Crippen LogP contribution < -0.4 is 5.73 Å². The average molecular weight is 380 g/mol. The standard InChI is InChI=1S/C21H45NO2.ClH/c1-2-3-4-5-6-7-8-9-10-11-12-13-14-15-16-17-18-24-20-21(22)19-23;/h21,23H,2-20,22H2,1H3;1H/t21-;/m0./s1. The molecule has 0 aromatic rings. The van der Waals surface area contributed by atoms with Gasteiger partial charge in [-0.2, -0.15) is 0 Å². The Morgan fingerprint density at radius 2 is 1.04 bits per heavy atom. The molecule has 0 heterocycles. The molecule has 1 atom stereocenters. The minimum atomic E-state index is -0.217. The molecule has 0 bridgehead atoms. The lowest BCUT2D eigenvalue weighted by atomic mass is 10.0. The summed E-state index contributed by atoms with van der Waals surface area (Å²) in [6.07, 6.45) is 22.2. The van der Waals surface area contributed by atoms with E-state index in [-0.39, 0.29) is 25.1 Å². The molecule has 0 fully saturated rings. The summed E-state index contributed by atoms with van der Waals surface area (Å²) in [4.78, 5) is 0. The largest absolute Gasteiger partial charge is 0.395 e. The summed E-state index contributed by atoms with van der Waals surface area (Å²) in [5.41, 5.74) is 5.57.